The first kappa shape index (κ1) is 22.4. The van der Waals surface area contributed by atoms with E-state index in [2.05, 4.69) is 15.5 Å². The molecule has 168 valence electrons. The molecule has 0 aliphatic carbocycles. The third-order valence-corrected chi connectivity index (χ3v) is 5.88. The highest BCUT2D eigenvalue weighted by Crippen LogP contribution is 2.29. The van der Waals surface area contributed by atoms with E-state index in [-0.39, 0.29) is 17.8 Å². The molecule has 7 nitrogen and oxygen atoms in total. The molecule has 0 saturated carbocycles. The summed E-state index contributed by atoms with van der Waals surface area (Å²) in [5.74, 6) is 1.77. The van der Waals surface area contributed by atoms with Crippen molar-refractivity contribution in [1.29, 1.82) is 0 Å². The Hall–Kier alpha value is -3.78. The van der Waals surface area contributed by atoms with Crippen molar-refractivity contribution in [2.24, 2.45) is 0 Å². The molecule has 0 spiro atoms. The third-order valence-electron chi connectivity index (χ3n) is 4.83. The average Bonchev–Trinajstić information content (AvgIpc) is 3.26. The average molecular weight is 461 g/mol. The van der Waals surface area contributed by atoms with Crippen LogP contribution in [0.2, 0.25) is 0 Å². The second kappa shape index (κ2) is 10.7. The second-order valence-corrected chi connectivity index (χ2v) is 8.43. The molecule has 0 saturated heterocycles. The lowest BCUT2D eigenvalue weighted by Crippen LogP contribution is -2.22. The minimum atomic E-state index is -0.389. The number of ether oxygens (including phenoxy) is 2. The highest BCUT2D eigenvalue weighted by molar-refractivity contribution is 8.00. The topological polar surface area (TPSA) is 78.3 Å². The molecule has 1 aromatic heterocycles. The Balaban J connectivity index is 1.55. The Kier molecular flexibility index (Phi) is 7.26. The number of carbonyl (C=O) groups excluding carboxylic acids is 1. The van der Waals surface area contributed by atoms with Crippen molar-refractivity contribution >= 4 is 23.4 Å². The van der Waals surface area contributed by atoms with E-state index >= 15 is 0 Å². The van der Waals surface area contributed by atoms with E-state index in [4.69, 9.17) is 9.47 Å². The van der Waals surface area contributed by atoms with E-state index in [9.17, 15) is 4.79 Å². The highest BCUT2D eigenvalue weighted by Gasteiger charge is 2.22. The number of benzene rings is 3. The molecule has 4 rings (SSSR count). The lowest BCUT2D eigenvalue weighted by molar-refractivity contribution is -0.115. The number of methoxy groups -OCH3 is 1. The van der Waals surface area contributed by atoms with Crippen molar-refractivity contribution in [2.75, 3.05) is 12.4 Å². The Morgan fingerprint density at radius 2 is 1.58 bits per heavy atom. The van der Waals surface area contributed by atoms with Gasteiger partial charge in [-0.25, -0.2) is 0 Å². The minimum Gasteiger partial charge on any atom is -0.493 e. The molecular formula is C25H24N4O3S. The Morgan fingerprint density at radius 3 is 2.27 bits per heavy atom. The van der Waals surface area contributed by atoms with E-state index in [1.165, 1.54) is 11.8 Å². The molecule has 1 amide bonds. The number of carbonyl (C=O) groups is 1. The monoisotopic (exact) mass is 460 g/mol. The molecule has 0 bridgehead atoms. The van der Waals surface area contributed by atoms with Crippen LogP contribution < -0.4 is 14.8 Å². The van der Waals surface area contributed by atoms with Gasteiger partial charge in [0, 0.05) is 11.4 Å². The van der Waals surface area contributed by atoms with Gasteiger partial charge in [0.1, 0.15) is 6.61 Å². The van der Waals surface area contributed by atoms with Gasteiger partial charge < -0.3 is 14.8 Å². The molecular weight excluding hydrogens is 436 g/mol. The molecule has 0 fully saturated rings. The van der Waals surface area contributed by atoms with Gasteiger partial charge in [-0.2, -0.15) is 0 Å². The van der Waals surface area contributed by atoms with E-state index in [0.29, 0.717) is 22.5 Å². The highest BCUT2D eigenvalue weighted by atomic mass is 32.2. The van der Waals surface area contributed by atoms with Crippen molar-refractivity contribution < 1.29 is 14.3 Å². The predicted octanol–water partition coefficient (Wildman–Crippen LogP) is 4.97. The maximum atomic E-state index is 12.7. The van der Waals surface area contributed by atoms with Gasteiger partial charge in [0.15, 0.2) is 22.5 Å². The van der Waals surface area contributed by atoms with Gasteiger partial charge in [0.2, 0.25) is 5.91 Å². The van der Waals surface area contributed by atoms with Crippen molar-refractivity contribution in [2.45, 2.75) is 23.9 Å². The van der Waals surface area contributed by atoms with Gasteiger partial charge in [-0.05, 0) is 43.3 Å². The summed E-state index contributed by atoms with van der Waals surface area (Å²) in [7, 11) is 1.60. The Labute approximate surface area is 196 Å². The second-order valence-electron chi connectivity index (χ2n) is 7.12. The van der Waals surface area contributed by atoms with Crippen LogP contribution in [0.4, 0.5) is 5.69 Å². The normalized spacial score (nSPS) is 11.6. The summed E-state index contributed by atoms with van der Waals surface area (Å²) in [4.78, 5) is 12.7. The fraction of sp³-hybridized carbons (Fsp3) is 0.160. The molecule has 1 atom stereocenters. The van der Waals surface area contributed by atoms with Crippen molar-refractivity contribution in [3.05, 3.63) is 90.8 Å². The summed E-state index contributed by atoms with van der Waals surface area (Å²) < 4.78 is 13.3. The van der Waals surface area contributed by atoms with Crippen LogP contribution in [0.1, 0.15) is 12.7 Å². The van der Waals surface area contributed by atoms with E-state index in [1.54, 1.807) is 7.11 Å². The summed E-state index contributed by atoms with van der Waals surface area (Å²) in [5, 5.41) is 11.9. The number of rotatable bonds is 9. The molecule has 3 aromatic carbocycles. The van der Waals surface area contributed by atoms with E-state index in [0.717, 1.165) is 11.4 Å². The van der Waals surface area contributed by atoms with Gasteiger partial charge in [-0.15, -0.1) is 10.2 Å². The van der Waals surface area contributed by atoms with Crippen molar-refractivity contribution in [3.63, 3.8) is 0 Å². The minimum absolute atomic E-state index is 0.111. The van der Waals surface area contributed by atoms with E-state index in [1.807, 2.05) is 96.4 Å². The summed E-state index contributed by atoms with van der Waals surface area (Å²) in [6.45, 7) is 2.03. The first-order valence-corrected chi connectivity index (χ1v) is 11.3. The van der Waals surface area contributed by atoms with Gasteiger partial charge in [0.25, 0.3) is 0 Å². The number of thioether (sulfide) groups is 1. The lowest BCUT2D eigenvalue weighted by Gasteiger charge is -2.14. The largest absolute Gasteiger partial charge is 0.493 e. The van der Waals surface area contributed by atoms with Crippen LogP contribution in [0.25, 0.3) is 5.69 Å². The fourth-order valence-electron chi connectivity index (χ4n) is 3.16. The summed E-state index contributed by atoms with van der Waals surface area (Å²) in [6.07, 6.45) is 0. The van der Waals surface area contributed by atoms with Crippen LogP contribution >= 0.6 is 11.8 Å². The molecule has 0 aliphatic heterocycles. The molecule has 1 heterocycles. The summed E-state index contributed by atoms with van der Waals surface area (Å²) in [6, 6.07) is 26.6. The van der Waals surface area contributed by atoms with Crippen LogP contribution in [0, 0.1) is 0 Å². The summed E-state index contributed by atoms with van der Waals surface area (Å²) >= 11 is 1.34. The number of aromatic nitrogens is 3. The zero-order valence-electron chi connectivity index (χ0n) is 18.3. The lowest BCUT2D eigenvalue weighted by atomic mass is 10.3. The number of para-hydroxylation sites is 4. The fourth-order valence-corrected chi connectivity index (χ4v) is 4.05. The molecule has 33 heavy (non-hydrogen) atoms. The molecule has 4 aromatic rings. The number of amides is 1. The van der Waals surface area contributed by atoms with Crippen LogP contribution in [0.15, 0.2) is 90.1 Å². The maximum absolute atomic E-state index is 12.7. The maximum Gasteiger partial charge on any atom is 0.237 e. The molecule has 0 radical (unpaired) electrons. The zero-order valence-corrected chi connectivity index (χ0v) is 19.2. The van der Waals surface area contributed by atoms with Crippen LogP contribution in [0.5, 0.6) is 11.5 Å². The zero-order chi connectivity index (χ0) is 23.0. The quantitative estimate of drug-likeness (QED) is 0.355. The predicted molar refractivity (Wildman–Crippen MR) is 129 cm³/mol. The van der Waals surface area contributed by atoms with Gasteiger partial charge in [-0.3, -0.25) is 9.36 Å². The number of nitrogens with one attached hydrogen (secondary N) is 1. The van der Waals surface area contributed by atoms with Gasteiger partial charge in [-0.1, -0.05) is 60.3 Å². The number of hydrogen-bond acceptors (Lipinski definition) is 6. The molecule has 0 unspecified atom stereocenters. The standard InChI is InChI=1S/C25H24N4O3S/c1-18(24(30)26-19-11-5-3-6-12-19)33-25-28-27-23(29(25)20-13-7-4-8-14-20)17-32-22-16-10-9-15-21(22)31-2/h3-16,18H,17H2,1-2H3,(H,26,30)/t18-/m0/s1. The van der Waals surface area contributed by atoms with Crippen molar-refractivity contribution in [3.8, 4) is 17.2 Å². The number of nitrogens with zero attached hydrogens (tertiary/aromatic N) is 3. The van der Waals surface area contributed by atoms with Gasteiger partial charge in [0.05, 0.1) is 12.4 Å². The molecule has 1 N–H and O–H groups in total. The van der Waals surface area contributed by atoms with Crippen LogP contribution in [0.3, 0.4) is 0 Å². The number of hydrogen-bond donors (Lipinski definition) is 1. The van der Waals surface area contributed by atoms with Crippen LogP contribution in [-0.2, 0) is 11.4 Å². The Morgan fingerprint density at radius 1 is 0.939 bits per heavy atom. The smallest absolute Gasteiger partial charge is 0.237 e. The number of anilines is 1. The SMILES string of the molecule is COc1ccccc1OCc1nnc(S[C@@H](C)C(=O)Nc2ccccc2)n1-c1ccccc1. The van der Waals surface area contributed by atoms with Crippen molar-refractivity contribution in [1.82, 2.24) is 14.8 Å². The van der Waals surface area contributed by atoms with E-state index < -0.39 is 0 Å². The first-order chi connectivity index (χ1) is 16.2. The van der Waals surface area contributed by atoms with Gasteiger partial charge >= 0.3 is 0 Å². The molecule has 0 aliphatic rings. The summed E-state index contributed by atoms with van der Waals surface area (Å²) in [5.41, 5.74) is 1.64. The van der Waals surface area contributed by atoms with Crippen LogP contribution in [-0.4, -0.2) is 33.0 Å². The Bertz CT molecular complexity index is 1200. The first-order valence-electron chi connectivity index (χ1n) is 10.4. The third kappa shape index (κ3) is 5.53. The molecule has 8 heteroatoms.